The van der Waals surface area contributed by atoms with E-state index in [1.165, 1.54) is 17.5 Å². The lowest BCUT2D eigenvalue weighted by molar-refractivity contribution is 0.0299. The largest absolute Gasteiger partial charge is 0.477 e. The molecule has 1 aliphatic heterocycles. The maximum Gasteiger partial charge on any atom is 0.347 e. The summed E-state index contributed by atoms with van der Waals surface area (Å²) in [5.41, 5.74) is 0. The number of rotatable bonds is 3. The van der Waals surface area contributed by atoms with Gasteiger partial charge in [-0.15, -0.1) is 0 Å². The Bertz CT molecular complexity index is 407. The van der Waals surface area contributed by atoms with Crippen molar-refractivity contribution in [3.05, 3.63) is 11.1 Å². The van der Waals surface area contributed by atoms with E-state index < -0.39 is 5.97 Å². The Labute approximate surface area is 104 Å². The normalized spacial score (nSPS) is 24.9. The van der Waals surface area contributed by atoms with Gasteiger partial charge in [-0.05, 0) is 13.3 Å². The summed E-state index contributed by atoms with van der Waals surface area (Å²) >= 11 is 1.23. The van der Waals surface area contributed by atoms with Crippen molar-refractivity contribution in [2.75, 3.05) is 18.1 Å². The van der Waals surface area contributed by atoms with Crippen LogP contribution in [0.4, 0.5) is 5.13 Å². The molecule has 0 aromatic carbocycles. The van der Waals surface area contributed by atoms with Gasteiger partial charge in [0.15, 0.2) is 5.13 Å². The highest BCUT2D eigenvalue weighted by atomic mass is 32.1. The van der Waals surface area contributed by atoms with Crippen LogP contribution in [0.1, 0.15) is 29.9 Å². The number of hydrogen-bond donors (Lipinski definition) is 1. The van der Waals surface area contributed by atoms with Crippen molar-refractivity contribution in [1.82, 2.24) is 4.98 Å². The number of anilines is 1. The van der Waals surface area contributed by atoms with Crippen molar-refractivity contribution < 1.29 is 14.6 Å². The predicted molar refractivity (Wildman–Crippen MR) is 65.9 cm³/mol. The molecule has 1 aliphatic rings. The SMILES string of the molecule is CCC1COC(C)CN1c1ncc(C(=O)O)s1. The lowest BCUT2D eigenvalue weighted by Gasteiger charge is -2.38. The van der Waals surface area contributed by atoms with E-state index in [4.69, 9.17) is 9.84 Å². The first kappa shape index (κ1) is 12.3. The number of morpholine rings is 1. The van der Waals surface area contributed by atoms with E-state index in [1.54, 1.807) is 0 Å². The Morgan fingerprint density at radius 1 is 1.76 bits per heavy atom. The topological polar surface area (TPSA) is 62.7 Å². The third-order valence-electron chi connectivity index (χ3n) is 2.89. The van der Waals surface area contributed by atoms with Crippen LogP contribution in [-0.4, -0.2) is 41.4 Å². The smallest absolute Gasteiger partial charge is 0.347 e. The van der Waals surface area contributed by atoms with E-state index in [-0.39, 0.29) is 11.0 Å². The molecule has 1 aromatic rings. The fraction of sp³-hybridized carbons (Fsp3) is 0.636. The third kappa shape index (κ3) is 2.58. The lowest BCUT2D eigenvalue weighted by atomic mass is 10.1. The molecular weight excluding hydrogens is 240 g/mol. The number of carboxylic acid groups (broad SMARTS) is 1. The number of carboxylic acids is 1. The average molecular weight is 256 g/mol. The number of aromatic carboxylic acids is 1. The summed E-state index contributed by atoms with van der Waals surface area (Å²) in [6, 6.07) is 0.291. The zero-order chi connectivity index (χ0) is 12.4. The highest BCUT2D eigenvalue weighted by molar-refractivity contribution is 7.17. The van der Waals surface area contributed by atoms with Crippen LogP contribution in [0.25, 0.3) is 0 Å². The lowest BCUT2D eigenvalue weighted by Crippen LogP contribution is -2.48. The Morgan fingerprint density at radius 2 is 2.53 bits per heavy atom. The second kappa shape index (κ2) is 5.01. The van der Waals surface area contributed by atoms with Crippen LogP contribution < -0.4 is 4.90 Å². The van der Waals surface area contributed by atoms with Gasteiger partial charge >= 0.3 is 5.97 Å². The molecule has 6 heteroatoms. The molecule has 0 saturated carbocycles. The van der Waals surface area contributed by atoms with E-state index in [2.05, 4.69) is 16.8 Å². The van der Waals surface area contributed by atoms with Gasteiger partial charge in [0, 0.05) is 6.54 Å². The highest BCUT2D eigenvalue weighted by Crippen LogP contribution is 2.27. The van der Waals surface area contributed by atoms with Gasteiger partial charge in [0.2, 0.25) is 0 Å². The first-order chi connectivity index (χ1) is 8.11. The molecule has 2 unspecified atom stereocenters. The van der Waals surface area contributed by atoms with Crippen molar-refractivity contribution in [2.45, 2.75) is 32.4 Å². The summed E-state index contributed by atoms with van der Waals surface area (Å²) in [5.74, 6) is -0.914. The van der Waals surface area contributed by atoms with Gasteiger partial charge in [-0.2, -0.15) is 0 Å². The molecule has 1 N–H and O–H groups in total. The fourth-order valence-electron chi connectivity index (χ4n) is 1.91. The monoisotopic (exact) mass is 256 g/mol. The molecule has 17 heavy (non-hydrogen) atoms. The molecule has 2 atom stereocenters. The minimum atomic E-state index is -0.914. The zero-order valence-electron chi connectivity index (χ0n) is 9.92. The number of nitrogens with zero attached hydrogens (tertiary/aromatic N) is 2. The van der Waals surface area contributed by atoms with Crippen molar-refractivity contribution in [3.63, 3.8) is 0 Å². The van der Waals surface area contributed by atoms with Crippen molar-refractivity contribution in [1.29, 1.82) is 0 Å². The summed E-state index contributed by atoms with van der Waals surface area (Å²) in [7, 11) is 0. The van der Waals surface area contributed by atoms with Gasteiger partial charge in [-0.25, -0.2) is 9.78 Å². The Kier molecular flexibility index (Phi) is 3.63. The van der Waals surface area contributed by atoms with Gasteiger partial charge in [0.25, 0.3) is 0 Å². The zero-order valence-corrected chi connectivity index (χ0v) is 10.7. The molecule has 94 valence electrons. The Hall–Kier alpha value is -1.14. The summed E-state index contributed by atoms with van der Waals surface area (Å²) in [6.07, 6.45) is 2.55. The third-order valence-corrected chi connectivity index (χ3v) is 3.91. The Balaban J connectivity index is 2.19. The molecular formula is C11H16N2O3S. The van der Waals surface area contributed by atoms with E-state index >= 15 is 0 Å². The second-order valence-corrected chi connectivity index (χ2v) is 5.18. The molecule has 0 spiro atoms. The first-order valence-electron chi connectivity index (χ1n) is 5.69. The molecule has 5 nitrogen and oxygen atoms in total. The Morgan fingerprint density at radius 3 is 3.12 bits per heavy atom. The molecule has 0 radical (unpaired) electrons. The molecule has 0 amide bonds. The van der Waals surface area contributed by atoms with E-state index in [1.807, 2.05) is 6.92 Å². The molecule has 2 heterocycles. The van der Waals surface area contributed by atoms with Crippen molar-refractivity contribution >= 4 is 22.4 Å². The minimum absolute atomic E-state index is 0.162. The number of ether oxygens (including phenoxy) is 1. The first-order valence-corrected chi connectivity index (χ1v) is 6.50. The van der Waals surface area contributed by atoms with E-state index in [0.29, 0.717) is 12.6 Å². The van der Waals surface area contributed by atoms with Crippen molar-refractivity contribution in [2.24, 2.45) is 0 Å². The molecule has 0 aliphatic carbocycles. The van der Waals surface area contributed by atoms with Crippen LogP contribution in [0.5, 0.6) is 0 Å². The number of thiazole rings is 1. The minimum Gasteiger partial charge on any atom is -0.477 e. The highest BCUT2D eigenvalue weighted by Gasteiger charge is 2.28. The fourth-order valence-corrected chi connectivity index (χ4v) is 2.75. The standard InChI is InChI=1S/C11H16N2O3S/c1-3-8-6-16-7(2)5-13(8)11-12-4-9(17-11)10(14)15/h4,7-8H,3,5-6H2,1-2H3,(H,14,15). The van der Waals surface area contributed by atoms with Gasteiger partial charge in [0.1, 0.15) is 4.88 Å². The van der Waals surface area contributed by atoms with Crippen LogP contribution >= 0.6 is 11.3 Å². The van der Waals surface area contributed by atoms with Crippen molar-refractivity contribution in [3.8, 4) is 0 Å². The number of hydrogen-bond acceptors (Lipinski definition) is 5. The number of carbonyl (C=O) groups is 1. The molecule has 0 bridgehead atoms. The van der Waals surface area contributed by atoms with Gasteiger partial charge in [0.05, 0.1) is 24.9 Å². The molecule has 1 saturated heterocycles. The maximum atomic E-state index is 10.8. The summed E-state index contributed by atoms with van der Waals surface area (Å²) in [5, 5.41) is 9.68. The average Bonchev–Trinajstić information content (AvgIpc) is 2.78. The van der Waals surface area contributed by atoms with Crippen LogP contribution in [-0.2, 0) is 4.74 Å². The molecule has 2 rings (SSSR count). The van der Waals surface area contributed by atoms with Crippen LogP contribution in [0.3, 0.4) is 0 Å². The molecule has 1 fully saturated rings. The maximum absolute atomic E-state index is 10.8. The van der Waals surface area contributed by atoms with E-state index in [0.717, 1.165) is 18.1 Å². The van der Waals surface area contributed by atoms with Gasteiger partial charge in [-0.3, -0.25) is 0 Å². The summed E-state index contributed by atoms with van der Waals surface area (Å²) in [6.45, 7) is 5.57. The summed E-state index contributed by atoms with van der Waals surface area (Å²) in [4.78, 5) is 17.5. The molecule has 1 aromatic heterocycles. The van der Waals surface area contributed by atoms with E-state index in [9.17, 15) is 4.79 Å². The van der Waals surface area contributed by atoms with Crippen LogP contribution in [0, 0.1) is 0 Å². The quantitative estimate of drug-likeness (QED) is 0.894. The van der Waals surface area contributed by atoms with Gasteiger partial charge in [-0.1, -0.05) is 18.3 Å². The van der Waals surface area contributed by atoms with Crippen LogP contribution in [0.2, 0.25) is 0 Å². The van der Waals surface area contributed by atoms with Crippen LogP contribution in [0.15, 0.2) is 6.20 Å². The van der Waals surface area contributed by atoms with Gasteiger partial charge < -0.3 is 14.7 Å². The summed E-state index contributed by atoms with van der Waals surface area (Å²) < 4.78 is 5.61. The predicted octanol–water partition coefficient (Wildman–Crippen LogP) is 1.85. The second-order valence-electron chi connectivity index (χ2n) is 4.17. The number of aromatic nitrogens is 1.